The minimum atomic E-state index is -0.440. The summed E-state index contributed by atoms with van der Waals surface area (Å²) < 4.78 is 7.33. The summed E-state index contributed by atoms with van der Waals surface area (Å²) in [6.45, 7) is 1.98. The van der Waals surface area contributed by atoms with Gasteiger partial charge in [0.1, 0.15) is 12.9 Å². The summed E-state index contributed by atoms with van der Waals surface area (Å²) in [6.07, 6.45) is 3.24. The second-order valence-corrected chi connectivity index (χ2v) is 6.80. The van der Waals surface area contributed by atoms with E-state index in [4.69, 9.17) is 4.74 Å². The molecule has 1 N–H and O–H groups in total. The Balaban J connectivity index is 1.44. The van der Waals surface area contributed by atoms with Crippen LogP contribution in [0.15, 0.2) is 55.0 Å². The summed E-state index contributed by atoms with van der Waals surface area (Å²) in [4.78, 5) is 19.7. The van der Waals surface area contributed by atoms with Crippen LogP contribution in [-0.4, -0.2) is 34.7 Å². The molecule has 3 aromatic heterocycles. The van der Waals surface area contributed by atoms with Gasteiger partial charge in [-0.2, -0.15) is 5.10 Å². The molecule has 10 nitrogen and oxygen atoms in total. The van der Waals surface area contributed by atoms with Crippen molar-refractivity contribution in [3.05, 3.63) is 76.2 Å². The van der Waals surface area contributed by atoms with Crippen LogP contribution in [-0.2, 0) is 6.61 Å². The molecule has 0 amide bonds. The van der Waals surface area contributed by atoms with Crippen LogP contribution in [0, 0.1) is 17.0 Å². The predicted molar refractivity (Wildman–Crippen MR) is 108 cm³/mol. The largest absolute Gasteiger partial charge is 0.482 e. The highest BCUT2D eigenvalue weighted by molar-refractivity contribution is 5.88. The third-order valence-electron chi connectivity index (χ3n) is 4.68. The maximum absolute atomic E-state index is 11.3. The van der Waals surface area contributed by atoms with Crippen LogP contribution in [0.5, 0.6) is 5.75 Å². The van der Waals surface area contributed by atoms with Crippen molar-refractivity contribution < 1.29 is 9.66 Å². The van der Waals surface area contributed by atoms with E-state index in [9.17, 15) is 10.1 Å². The third kappa shape index (κ3) is 3.09. The smallest absolute Gasteiger partial charge is 0.311 e. The molecule has 3 heterocycles. The van der Waals surface area contributed by atoms with Gasteiger partial charge < -0.3 is 4.74 Å². The first-order valence-electron chi connectivity index (χ1n) is 9.10. The monoisotopic (exact) mass is 401 g/mol. The molecule has 0 unspecified atom stereocenters. The van der Waals surface area contributed by atoms with Crippen molar-refractivity contribution in [2.75, 3.05) is 0 Å². The van der Waals surface area contributed by atoms with Crippen LogP contribution in [0.3, 0.4) is 0 Å². The highest BCUT2D eigenvalue weighted by atomic mass is 16.6. The summed E-state index contributed by atoms with van der Waals surface area (Å²) in [5.41, 5.74) is 3.69. The van der Waals surface area contributed by atoms with E-state index in [0.29, 0.717) is 17.1 Å². The fourth-order valence-corrected chi connectivity index (χ4v) is 3.22. The summed E-state index contributed by atoms with van der Waals surface area (Å²) in [6, 6.07) is 12.4. The quantitative estimate of drug-likeness (QED) is 0.353. The van der Waals surface area contributed by atoms with Gasteiger partial charge in [0, 0.05) is 11.6 Å². The average Bonchev–Trinajstić information content (AvgIpc) is 3.39. The van der Waals surface area contributed by atoms with Crippen LogP contribution >= 0.6 is 0 Å². The van der Waals surface area contributed by atoms with Crippen molar-refractivity contribution in [2.45, 2.75) is 13.5 Å². The highest BCUT2D eigenvalue weighted by Crippen LogP contribution is 2.29. The lowest BCUT2D eigenvalue weighted by Gasteiger charge is -2.08. The Kier molecular flexibility index (Phi) is 4.09. The molecule has 2 aromatic carbocycles. The second-order valence-electron chi connectivity index (χ2n) is 6.80. The minimum Gasteiger partial charge on any atom is -0.482 e. The molecule has 0 fully saturated rings. The molecule has 0 spiro atoms. The lowest BCUT2D eigenvalue weighted by molar-refractivity contribution is -0.386. The lowest BCUT2D eigenvalue weighted by atomic mass is 10.1. The molecule has 30 heavy (non-hydrogen) atoms. The molecular formula is C20H15N7O3. The Bertz CT molecular complexity index is 1410. The van der Waals surface area contributed by atoms with Crippen LogP contribution < -0.4 is 4.74 Å². The van der Waals surface area contributed by atoms with Crippen LogP contribution in [0.2, 0.25) is 0 Å². The maximum atomic E-state index is 11.3. The number of nitrogens with one attached hydrogen (secondary N) is 1. The summed E-state index contributed by atoms with van der Waals surface area (Å²) in [5, 5.41) is 23.4. The van der Waals surface area contributed by atoms with Gasteiger partial charge in [-0.3, -0.25) is 15.2 Å². The molecule has 5 aromatic rings. The van der Waals surface area contributed by atoms with Gasteiger partial charge >= 0.3 is 5.69 Å². The number of benzene rings is 2. The van der Waals surface area contributed by atoms with Crippen LogP contribution in [0.1, 0.15) is 11.1 Å². The highest BCUT2D eigenvalue weighted by Gasteiger charge is 2.16. The number of aryl methyl sites for hydroxylation is 1. The Hall–Kier alpha value is -4.34. The molecular weight excluding hydrogens is 386 g/mol. The third-order valence-corrected chi connectivity index (χ3v) is 4.68. The van der Waals surface area contributed by atoms with Crippen molar-refractivity contribution in [3.63, 3.8) is 0 Å². The SMILES string of the molecule is Cc1ccc(OCc2cccc(-c3nc4c5cn[nH]c5ncn4n3)c2)c([N+](=O)[O-])c1. The molecule has 5 rings (SSSR count). The number of fused-ring (bicyclic) bond motifs is 3. The topological polar surface area (TPSA) is 124 Å². The molecule has 0 radical (unpaired) electrons. The van der Waals surface area contributed by atoms with E-state index in [1.165, 1.54) is 6.07 Å². The maximum Gasteiger partial charge on any atom is 0.311 e. The zero-order chi connectivity index (χ0) is 20.7. The lowest BCUT2D eigenvalue weighted by Crippen LogP contribution is -2.00. The number of nitro groups is 1. The van der Waals surface area contributed by atoms with Crippen molar-refractivity contribution in [2.24, 2.45) is 0 Å². The fraction of sp³-hybridized carbons (Fsp3) is 0.100. The normalized spacial score (nSPS) is 11.2. The molecule has 0 aliphatic carbocycles. The zero-order valence-electron chi connectivity index (χ0n) is 15.8. The number of H-pyrrole nitrogens is 1. The van der Waals surface area contributed by atoms with E-state index in [0.717, 1.165) is 22.1 Å². The predicted octanol–water partition coefficient (Wildman–Crippen LogP) is 3.46. The van der Waals surface area contributed by atoms with E-state index in [1.807, 2.05) is 24.3 Å². The van der Waals surface area contributed by atoms with E-state index < -0.39 is 4.92 Å². The fourth-order valence-electron chi connectivity index (χ4n) is 3.22. The standard InChI is InChI=1S/C20H15N7O3/c1-12-5-6-17(16(7-12)27(28)29)30-10-13-3-2-4-14(8-13)18-23-20-15-9-22-24-19(15)21-11-26(20)25-18/h2-9,11H,10H2,1H3,(H,22,24). The number of hydrogen-bond donors (Lipinski definition) is 1. The van der Waals surface area contributed by atoms with Crippen molar-refractivity contribution in [3.8, 4) is 17.1 Å². The summed E-state index contributed by atoms with van der Waals surface area (Å²) >= 11 is 0. The second kappa shape index (κ2) is 6.92. The summed E-state index contributed by atoms with van der Waals surface area (Å²) in [5.74, 6) is 0.768. The first kappa shape index (κ1) is 17.7. The van der Waals surface area contributed by atoms with Crippen molar-refractivity contribution in [1.82, 2.24) is 29.8 Å². The molecule has 0 atom stereocenters. The first-order chi connectivity index (χ1) is 14.6. The Morgan fingerprint density at radius 3 is 3.00 bits per heavy atom. The van der Waals surface area contributed by atoms with Gasteiger partial charge in [0.05, 0.1) is 16.5 Å². The molecule has 0 bridgehead atoms. The Labute approximate surface area is 169 Å². The van der Waals surface area contributed by atoms with Crippen LogP contribution in [0.25, 0.3) is 28.1 Å². The van der Waals surface area contributed by atoms with Gasteiger partial charge in [-0.25, -0.2) is 14.5 Å². The van der Waals surface area contributed by atoms with Gasteiger partial charge in [0.15, 0.2) is 22.9 Å². The van der Waals surface area contributed by atoms with Gasteiger partial charge in [0.25, 0.3) is 0 Å². The number of aromatic nitrogens is 6. The minimum absolute atomic E-state index is 0.0511. The Morgan fingerprint density at radius 2 is 2.13 bits per heavy atom. The molecule has 0 saturated heterocycles. The van der Waals surface area contributed by atoms with Gasteiger partial charge in [0.2, 0.25) is 0 Å². The van der Waals surface area contributed by atoms with E-state index in [-0.39, 0.29) is 18.0 Å². The molecule has 0 aliphatic rings. The van der Waals surface area contributed by atoms with Crippen molar-refractivity contribution in [1.29, 1.82) is 0 Å². The van der Waals surface area contributed by atoms with E-state index in [2.05, 4.69) is 25.3 Å². The zero-order valence-corrected chi connectivity index (χ0v) is 15.8. The van der Waals surface area contributed by atoms with E-state index >= 15 is 0 Å². The molecule has 10 heteroatoms. The van der Waals surface area contributed by atoms with E-state index in [1.54, 1.807) is 36.1 Å². The van der Waals surface area contributed by atoms with Gasteiger partial charge in [-0.15, -0.1) is 5.10 Å². The number of aromatic amines is 1. The van der Waals surface area contributed by atoms with Crippen LogP contribution in [0.4, 0.5) is 5.69 Å². The number of rotatable bonds is 5. The molecule has 148 valence electrons. The number of hydrogen-bond acceptors (Lipinski definition) is 7. The number of nitrogens with zero attached hydrogens (tertiary/aromatic N) is 6. The average molecular weight is 401 g/mol. The Morgan fingerprint density at radius 1 is 1.23 bits per heavy atom. The molecule has 0 saturated carbocycles. The molecule has 0 aliphatic heterocycles. The first-order valence-corrected chi connectivity index (χ1v) is 9.10. The van der Waals surface area contributed by atoms with Crippen molar-refractivity contribution >= 4 is 22.4 Å². The van der Waals surface area contributed by atoms with Gasteiger partial charge in [-0.1, -0.05) is 24.3 Å². The summed E-state index contributed by atoms with van der Waals surface area (Å²) in [7, 11) is 0. The van der Waals surface area contributed by atoms with Gasteiger partial charge in [-0.05, 0) is 30.2 Å². The number of ether oxygens (including phenoxy) is 1. The number of nitro benzene ring substituents is 1.